The van der Waals surface area contributed by atoms with Crippen molar-refractivity contribution in [3.8, 4) is 5.88 Å². The molecule has 2 aromatic rings. The lowest BCUT2D eigenvalue weighted by Crippen LogP contribution is -2.50. The lowest BCUT2D eigenvalue weighted by atomic mass is 10.2. The largest absolute Gasteiger partial charge is 0.481 e. The van der Waals surface area contributed by atoms with E-state index in [-0.39, 0.29) is 17.0 Å². The first-order valence-electron chi connectivity index (χ1n) is 7.28. The standard InChI is InChI=1S/C15H17N5O3/c1-23-12-4-6-17-15(18-12)20-9-7-19(8-10-20)14(22)11-3-2-5-16-13(11)21/h2-6H,7-10H2,1H3,(H,16,21). The number of ether oxygens (including phenoxy) is 1. The minimum atomic E-state index is -0.365. The Balaban J connectivity index is 1.67. The number of hydrogen-bond donors (Lipinski definition) is 1. The molecule has 3 rings (SSSR count). The summed E-state index contributed by atoms with van der Waals surface area (Å²) in [6.07, 6.45) is 3.15. The van der Waals surface area contributed by atoms with Crippen LogP contribution >= 0.6 is 0 Å². The van der Waals surface area contributed by atoms with Crippen molar-refractivity contribution < 1.29 is 9.53 Å². The molecular formula is C15H17N5O3. The van der Waals surface area contributed by atoms with Crippen LogP contribution in [0.3, 0.4) is 0 Å². The highest BCUT2D eigenvalue weighted by Gasteiger charge is 2.24. The van der Waals surface area contributed by atoms with Crippen LogP contribution < -0.4 is 15.2 Å². The lowest BCUT2D eigenvalue weighted by molar-refractivity contribution is 0.0744. The van der Waals surface area contributed by atoms with E-state index in [9.17, 15) is 9.59 Å². The highest BCUT2D eigenvalue weighted by Crippen LogP contribution is 2.15. The maximum atomic E-state index is 12.4. The number of piperazine rings is 1. The summed E-state index contributed by atoms with van der Waals surface area (Å²) in [5.41, 5.74) is -0.199. The Labute approximate surface area is 132 Å². The van der Waals surface area contributed by atoms with E-state index in [4.69, 9.17) is 4.74 Å². The van der Waals surface area contributed by atoms with Gasteiger partial charge in [0.1, 0.15) is 5.56 Å². The highest BCUT2D eigenvalue weighted by molar-refractivity contribution is 5.93. The van der Waals surface area contributed by atoms with Gasteiger partial charge in [-0.25, -0.2) is 4.98 Å². The van der Waals surface area contributed by atoms with Crippen molar-refractivity contribution in [3.05, 3.63) is 46.5 Å². The van der Waals surface area contributed by atoms with Crippen molar-refractivity contribution in [2.24, 2.45) is 0 Å². The second-order valence-corrected chi connectivity index (χ2v) is 5.09. The second kappa shape index (κ2) is 6.47. The molecule has 1 N–H and O–H groups in total. The van der Waals surface area contributed by atoms with Gasteiger partial charge in [0.25, 0.3) is 11.5 Å². The topological polar surface area (TPSA) is 91.4 Å². The Morgan fingerprint density at radius 2 is 2.04 bits per heavy atom. The summed E-state index contributed by atoms with van der Waals surface area (Å²) in [5.74, 6) is 0.830. The lowest BCUT2D eigenvalue weighted by Gasteiger charge is -2.34. The number of carbonyl (C=O) groups excluding carboxylic acids is 1. The fourth-order valence-electron chi connectivity index (χ4n) is 2.47. The monoisotopic (exact) mass is 315 g/mol. The fraction of sp³-hybridized carbons (Fsp3) is 0.333. The number of aromatic nitrogens is 3. The number of amides is 1. The predicted octanol–water partition coefficient (Wildman–Crippen LogP) is 0.136. The molecule has 0 unspecified atom stereocenters. The van der Waals surface area contributed by atoms with E-state index in [0.29, 0.717) is 38.0 Å². The summed E-state index contributed by atoms with van der Waals surface area (Å²) in [5, 5.41) is 0. The zero-order valence-electron chi connectivity index (χ0n) is 12.7. The van der Waals surface area contributed by atoms with E-state index in [2.05, 4.69) is 15.0 Å². The van der Waals surface area contributed by atoms with Crippen LogP contribution in [0.4, 0.5) is 5.95 Å². The van der Waals surface area contributed by atoms with Gasteiger partial charge in [-0.1, -0.05) is 0 Å². The third-order valence-electron chi connectivity index (χ3n) is 3.72. The smallest absolute Gasteiger partial charge is 0.260 e. The zero-order chi connectivity index (χ0) is 16.2. The molecule has 0 bridgehead atoms. The molecule has 23 heavy (non-hydrogen) atoms. The summed E-state index contributed by atoms with van der Waals surface area (Å²) in [7, 11) is 1.56. The minimum Gasteiger partial charge on any atom is -0.481 e. The van der Waals surface area contributed by atoms with Crippen molar-refractivity contribution in [2.75, 3.05) is 38.2 Å². The predicted molar refractivity (Wildman–Crippen MR) is 83.8 cm³/mol. The van der Waals surface area contributed by atoms with Gasteiger partial charge in [0.2, 0.25) is 11.8 Å². The van der Waals surface area contributed by atoms with Crippen LogP contribution in [0.25, 0.3) is 0 Å². The summed E-state index contributed by atoms with van der Waals surface area (Å²) in [4.78, 5) is 38.8. The summed E-state index contributed by atoms with van der Waals surface area (Å²) >= 11 is 0. The number of carbonyl (C=O) groups is 1. The van der Waals surface area contributed by atoms with E-state index in [1.54, 1.807) is 36.4 Å². The average molecular weight is 315 g/mol. The first-order chi connectivity index (χ1) is 11.2. The number of nitrogens with one attached hydrogen (secondary N) is 1. The van der Waals surface area contributed by atoms with Crippen LogP contribution in [-0.4, -0.2) is 59.0 Å². The SMILES string of the molecule is COc1ccnc(N2CCN(C(=O)c3ccc[nH]c3=O)CC2)n1. The number of anilines is 1. The van der Waals surface area contributed by atoms with Crippen LogP contribution in [0.2, 0.25) is 0 Å². The molecule has 0 saturated carbocycles. The molecule has 0 radical (unpaired) electrons. The van der Waals surface area contributed by atoms with Gasteiger partial charge in [0.05, 0.1) is 7.11 Å². The van der Waals surface area contributed by atoms with E-state index < -0.39 is 0 Å². The third-order valence-corrected chi connectivity index (χ3v) is 3.72. The number of pyridine rings is 1. The van der Waals surface area contributed by atoms with Gasteiger partial charge in [-0.3, -0.25) is 9.59 Å². The van der Waals surface area contributed by atoms with Crippen LogP contribution in [0, 0.1) is 0 Å². The van der Waals surface area contributed by atoms with E-state index >= 15 is 0 Å². The summed E-state index contributed by atoms with van der Waals surface area (Å²) < 4.78 is 5.10. The molecule has 8 heteroatoms. The number of methoxy groups -OCH3 is 1. The zero-order valence-corrected chi connectivity index (χ0v) is 12.7. The van der Waals surface area contributed by atoms with Crippen molar-refractivity contribution in [3.63, 3.8) is 0 Å². The molecule has 1 fully saturated rings. The number of nitrogens with zero attached hydrogens (tertiary/aromatic N) is 4. The molecule has 1 aliphatic heterocycles. The van der Waals surface area contributed by atoms with Gasteiger partial charge in [-0.15, -0.1) is 0 Å². The van der Waals surface area contributed by atoms with Gasteiger partial charge in [0, 0.05) is 44.6 Å². The third kappa shape index (κ3) is 3.15. The van der Waals surface area contributed by atoms with Gasteiger partial charge >= 0.3 is 0 Å². The van der Waals surface area contributed by atoms with Crippen molar-refractivity contribution in [1.29, 1.82) is 0 Å². The molecule has 0 atom stereocenters. The summed E-state index contributed by atoms with van der Waals surface area (Å²) in [6.45, 7) is 2.22. The molecule has 0 aliphatic carbocycles. The van der Waals surface area contributed by atoms with Crippen LogP contribution in [0.5, 0.6) is 5.88 Å². The van der Waals surface area contributed by atoms with Crippen LogP contribution in [0.15, 0.2) is 35.4 Å². The highest BCUT2D eigenvalue weighted by atomic mass is 16.5. The van der Waals surface area contributed by atoms with Gasteiger partial charge in [-0.05, 0) is 12.1 Å². The normalized spacial score (nSPS) is 14.7. The van der Waals surface area contributed by atoms with Crippen molar-refractivity contribution in [1.82, 2.24) is 19.9 Å². The second-order valence-electron chi connectivity index (χ2n) is 5.09. The van der Waals surface area contributed by atoms with E-state index in [0.717, 1.165) is 0 Å². The molecule has 3 heterocycles. The molecule has 1 saturated heterocycles. The van der Waals surface area contributed by atoms with E-state index in [1.807, 2.05) is 4.90 Å². The Kier molecular flexibility index (Phi) is 4.22. The van der Waals surface area contributed by atoms with Gasteiger partial charge < -0.3 is 19.5 Å². The first-order valence-corrected chi connectivity index (χ1v) is 7.28. The molecule has 0 spiro atoms. The molecule has 1 aliphatic rings. The van der Waals surface area contributed by atoms with Crippen LogP contribution in [-0.2, 0) is 0 Å². The number of H-pyrrole nitrogens is 1. The molecular weight excluding hydrogens is 298 g/mol. The number of aromatic amines is 1. The molecule has 2 aromatic heterocycles. The Morgan fingerprint density at radius 1 is 1.26 bits per heavy atom. The number of rotatable bonds is 3. The maximum Gasteiger partial charge on any atom is 0.260 e. The maximum absolute atomic E-state index is 12.4. The van der Waals surface area contributed by atoms with Gasteiger partial charge in [-0.2, -0.15) is 4.98 Å². The summed E-state index contributed by atoms with van der Waals surface area (Å²) in [6, 6.07) is 4.87. The first kappa shape index (κ1) is 15.0. The van der Waals surface area contributed by atoms with Crippen LogP contribution in [0.1, 0.15) is 10.4 Å². The molecule has 1 amide bonds. The van der Waals surface area contributed by atoms with Crippen molar-refractivity contribution in [2.45, 2.75) is 0 Å². The Morgan fingerprint density at radius 3 is 2.74 bits per heavy atom. The number of hydrogen-bond acceptors (Lipinski definition) is 6. The Bertz CT molecular complexity index is 753. The minimum absolute atomic E-state index is 0.165. The van der Waals surface area contributed by atoms with Crippen molar-refractivity contribution >= 4 is 11.9 Å². The molecule has 0 aromatic carbocycles. The van der Waals surface area contributed by atoms with Gasteiger partial charge in [0.15, 0.2) is 0 Å². The fourth-order valence-corrected chi connectivity index (χ4v) is 2.47. The molecule has 8 nitrogen and oxygen atoms in total. The van der Waals surface area contributed by atoms with E-state index in [1.165, 1.54) is 6.20 Å². The average Bonchev–Trinajstić information content (AvgIpc) is 2.62. The Hall–Kier alpha value is -2.90. The quantitative estimate of drug-likeness (QED) is 0.866. The molecule has 120 valence electrons.